The highest BCUT2D eigenvalue weighted by Crippen LogP contribution is 2.17. The van der Waals surface area contributed by atoms with Crippen LogP contribution in [-0.4, -0.2) is 35.6 Å². The third-order valence-electron chi connectivity index (χ3n) is 2.79. The summed E-state index contributed by atoms with van der Waals surface area (Å²) in [7, 11) is 2.15. The molecule has 3 nitrogen and oxygen atoms in total. The first-order valence-electron chi connectivity index (χ1n) is 5.27. The Hall–Kier alpha value is -0.830. The van der Waals surface area contributed by atoms with Gasteiger partial charge in [-0.25, -0.2) is 0 Å². The second-order valence-electron chi connectivity index (χ2n) is 3.94. The van der Waals surface area contributed by atoms with Crippen LogP contribution in [0.5, 0.6) is 0 Å². The Morgan fingerprint density at radius 1 is 1.50 bits per heavy atom. The van der Waals surface area contributed by atoms with Crippen LogP contribution in [0, 0.1) is 0 Å². The summed E-state index contributed by atoms with van der Waals surface area (Å²) in [6.07, 6.45) is 8.74. The molecule has 1 aliphatic rings. The van der Waals surface area contributed by atoms with Crippen molar-refractivity contribution in [3.63, 3.8) is 0 Å². The fourth-order valence-electron chi connectivity index (χ4n) is 1.88. The van der Waals surface area contributed by atoms with Crippen molar-refractivity contribution >= 4 is 5.97 Å². The summed E-state index contributed by atoms with van der Waals surface area (Å²) in [5, 5.41) is 8.44. The third kappa shape index (κ3) is 3.92. The van der Waals surface area contributed by atoms with Gasteiger partial charge in [-0.2, -0.15) is 0 Å². The number of hydrogen-bond acceptors (Lipinski definition) is 2. The second-order valence-corrected chi connectivity index (χ2v) is 3.94. The summed E-state index contributed by atoms with van der Waals surface area (Å²) < 4.78 is 0. The van der Waals surface area contributed by atoms with Gasteiger partial charge in [0.2, 0.25) is 0 Å². The number of carboxylic acid groups (broad SMARTS) is 1. The van der Waals surface area contributed by atoms with Crippen molar-refractivity contribution < 1.29 is 9.90 Å². The molecule has 1 N–H and O–H groups in total. The lowest BCUT2D eigenvalue weighted by Gasteiger charge is -2.31. The van der Waals surface area contributed by atoms with E-state index < -0.39 is 5.97 Å². The van der Waals surface area contributed by atoms with Crippen LogP contribution in [0.4, 0.5) is 0 Å². The first kappa shape index (κ1) is 11.2. The van der Waals surface area contributed by atoms with E-state index in [4.69, 9.17) is 5.11 Å². The van der Waals surface area contributed by atoms with Gasteiger partial charge in [0.15, 0.2) is 0 Å². The molecule has 0 aromatic carbocycles. The van der Waals surface area contributed by atoms with E-state index in [2.05, 4.69) is 11.9 Å². The molecule has 1 unspecified atom stereocenters. The van der Waals surface area contributed by atoms with Gasteiger partial charge in [0, 0.05) is 6.04 Å². The molecule has 3 heteroatoms. The largest absolute Gasteiger partial charge is 0.481 e. The first-order valence-corrected chi connectivity index (χ1v) is 5.27. The fraction of sp³-hybridized carbons (Fsp3) is 0.727. The van der Waals surface area contributed by atoms with Crippen LogP contribution in [0.2, 0.25) is 0 Å². The number of likely N-dealkylation sites (tertiary alicyclic amines) is 1. The smallest absolute Gasteiger partial charge is 0.307 e. The number of hydrogen-bond donors (Lipinski definition) is 1. The molecule has 1 atom stereocenters. The highest BCUT2D eigenvalue weighted by Gasteiger charge is 2.16. The fourth-order valence-corrected chi connectivity index (χ4v) is 1.88. The van der Waals surface area contributed by atoms with Crippen molar-refractivity contribution in [1.82, 2.24) is 4.90 Å². The maximum atomic E-state index is 10.3. The predicted molar refractivity (Wildman–Crippen MR) is 56.3 cm³/mol. The van der Waals surface area contributed by atoms with E-state index in [0.717, 1.165) is 6.42 Å². The van der Waals surface area contributed by atoms with Crippen molar-refractivity contribution in [2.45, 2.75) is 38.1 Å². The van der Waals surface area contributed by atoms with Gasteiger partial charge in [-0.15, -0.1) is 0 Å². The van der Waals surface area contributed by atoms with Gasteiger partial charge in [0.1, 0.15) is 0 Å². The minimum atomic E-state index is -0.752. The number of piperidine rings is 1. The quantitative estimate of drug-likeness (QED) is 0.700. The Morgan fingerprint density at radius 2 is 2.29 bits per heavy atom. The van der Waals surface area contributed by atoms with E-state index >= 15 is 0 Å². The van der Waals surface area contributed by atoms with Gasteiger partial charge in [-0.1, -0.05) is 18.6 Å². The summed E-state index contributed by atoms with van der Waals surface area (Å²) in [5.41, 5.74) is 0. The zero-order valence-corrected chi connectivity index (χ0v) is 8.78. The van der Waals surface area contributed by atoms with Gasteiger partial charge in [0.05, 0.1) is 6.42 Å². The molecular weight excluding hydrogens is 178 g/mol. The molecule has 1 fully saturated rings. The maximum absolute atomic E-state index is 10.3. The molecular formula is C11H19NO2. The van der Waals surface area contributed by atoms with Crippen molar-refractivity contribution in [2.24, 2.45) is 0 Å². The summed E-state index contributed by atoms with van der Waals surface area (Å²) in [5.74, 6) is -0.752. The average molecular weight is 197 g/mol. The molecule has 1 aliphatic heterocycles. The molecule has 0 saturated carbocycles. The summed E-state index contributed by atoms with van der Waals surface area (Å²) >= 11 is 0. The van der Waals surface area contributed by atoms with Gasteiger partial charge in [-0.3, -0.25) is 4.79 Å². The molecule has 1 saturated heterocycles. The van der Waals surface area contributed by atoms with Crippen LogP contribution < -0.4 is 0 Å². The van der Waals surface area contributed by atoms with E-state index in [0.29, 0.717) is 6.04 Å². The Morgan fingerprint density at radius 3 is 2.93 bits per heavy atom. The highest BCUT2D eigenvalue weighted by atomic mass is 16.4. The Kier molecular flexibility index (Phi) is 4.66. The summed E-state index contributed by atoms with van der Waals surface area (Å²) in [6.45, 7) is 1.18. The molecule has 0 bridgehead atoms. The summed E-state index contributed by atoms with van der Waals surface area (Å²) in [4.78, 5) is 12.6. The second kappa shape index (κ2) is 5.81. The summed E-state index contributed by atoms with van der Waals surface area (Å²) in [6, 6.07) is 0.619. The normalized spacial score (nSPS) is 24.2. The third-order valence-corrected chi connectivity index (χ3v) is 2.79. The molecule has 1 rings (SSSR count). The van der Waals surface area contributed by atoms with E-state index in [1.54, 1.807) is 6.08 Å². The Balaban J connectivity index is 2.22. The predicted octanol–water partition coefficient (Wildman–Crippen LogP) is 1.89. The zero-order chi connectivity index (χ0) is 10.4. The molecule has 1 heterocycles. The minimum absolute atomic E-state index is 0.149. The van der Waals surface area contributed by atoms with E-state index in [1.165, 1.54) is 25.8 Å². The molecule has 0 aliphatic carbocycles. The maximum Gasteiger partial charge on any atom is 0.307 e. The van der Waals surface area contributed by atoms with Gasteiger partial charge < -0.3 is 10.0 Å². The first-order chi connectivity index (χ1) is 6.70. The molecule has 0 aromatic rings. The van der Waals surface area contributed by atoms with Gasteiger partial charge >= 0.3 is 5.97 Å². The number of aliphatic carboxylic acids is 1. The van der Waals surface area contributed by atoms with E-state index in [9.17, 15) is 4.79 Å². The van der Waals surface area contributed by atoms with Crippen molar-refractivity contribution in [3.8, 4) is 0 Å². The standard InChI is InChI=1S/C11H19NO2/c1-12-9-5-4-7-10(12)6-2-3-8-11(13)14/h2-3,10H,4-9H2,1H3,(H,13,14)/b3-2-. The van der Waals surface area contributed by atoms with Crippen LogP contribution >= 0.6 is 0 Å². The lowest BCUT2D eigenvalue weighted by molar-refractivity contribution is -0.136. The highest BCUT2D eigenvalue weighted by molar-refractivity contribution is 5.68. The van der Waals surface area contributed by atoms with Crippen LogP contribution in [-0.2, 0) is 4.79 Å². The number of carboxylic acids is 1. The lowest BCUT2D eigenvalue weighted by Crippen LogP contribution is -2.35. The molecule has 14 heavy (non-hydrogen) atoms. The molecule has 0 aromatic heterocycles. The van der Waals surface area contributed by atoms with Crippen LogP contribution in [0.25, 0.3) is 0 Å². The molecule has 80 valence electrons. The Labute approximate surface area is 85.4 Å². The van der Waals surface area contributed by atoms with Crippen molar-refractivity contribution in [1.29, 1.82) is 0 Å². The molecule has 0 amide bonds. The number of rotatable bonds is 4. The molecule has 0 radical (unpaired) electrons. The topological polar surface area (TPSA) is 40.5 Å². The van der Waals surface area contributed by atoms with Crippen LogP contribution in [0.15, 0.2) is 12.2 Å². The lowest BCUT2D eigenvalue weighted by atomic mass is 10.00. The van der Waals surface area contributed by atoms with Crippen LogP contribution in [0.3, 0.4) is 0 Å². The van der Waals surface area contributed by atoms with E-state index in [1.807, 2.05) is 6.08 Å². The molecule has 0 spiro atoms. The average Bonchev–Trinajstić information content (AvgIpc) is 2.15. The minimum Gasteiger partial charge on any atom is -0.481 e. The van der Waals surface area contributed by atoms with Gasteiger partial charge in [0.25, 0.3) is 0 Å². The number of nitrogens with zero attached hydrogens (tertiary/aromatic N) is 1. The van der Waals surface area contributed by atoms with Crippen molar-refractivity contribution in [2.75, 3.05) is 13.6 Å². The number of carbonyl (C=O) groups is 1. The monoisotopic (exact) mass is 197 g/mol. The zero-order valence-electron chi connectivity index (χ0n) is 8.78. The Bertz CT molecular complexity index is 213. The SMILES string of the molecule is CN1CCCCC1C/C=C\CC(=O)O. The van der Waals surface area contributed by atoms with Gasteiger partial charge in [-0.05, 0) is 32.9 Å². The van der Waals surface area contributed by atoms with Crippen LogP contribution in [0.1, 0.15) is 32.1 Å². The van der Waals surface area contributed by atoms with E-state index in [-0.39, 0.29) is 6.42 Å². The van der Waals surface area contributed by atoms with Crippen molar-refractivity contribution in [3.05, 3.63) is 12.2 Å².